The average molecular weight is 227 g/mol. The van der Waals surface area contributed by atoms with Crippen LogP contribution >= 0.6 is 11.6 Å². The number of amides is 1. The van der Waals surface area contributed by atoms with E-state index < -0.39 is 0 Å². The minimum absolute atomic E-state index is 0.0280. The second kappa shape index (κ2) is 5.12. The van der Waals surface area contributed by atoms with Crippen molar-refractivity contribution in [3.05, 3.63) is 23.4 Å². The molecular weight excluding hydrogens is 212 g/mol. The molecule has 0 aliphatic rings. The number of nitrogens with zero attached hydrogens (tertiary/aromatic N) is 1. The predicted octanol–water partition coefficient (Wildman–Crippen LogP) is 2.97. The Morgan fingerprint density at radius 1 is 1.40 bits per heavy atom. The van der Waals surface area contributed by atoms with Crippen molar-refractivity contribution in [1.29, 1.82) is 0 Å². The van der Waals surface area contributed by atoms with E-state index in [2.05, 4.69) is 10.3 Å². The summed E-state index contributed by atoms with van der Waals surface area (Å²) in [7, 11) is 0. The van der Waals surface area contributed by atoms with Gasteiger partial charge in [0.05, 0.1) is 0 Å². The summed E-state index contributed by atoms with van der Waals surface area (Å²) in [5.41, 5.74) is 0. The summed E-state index contributed by atoms with van der Waals surface area (Å²) in [6, 6.07) is 5.14. The lowest BCUT2D eigenvalue weighted by Crippen LogP contribution is -2.24. The average Bonchev–Trinajstić information content (AvgIpc) is 2.16. The van der Waals surface area contributed by atoms with Crippen molar-refractivity contribution in [2.75, 3.05) is 5.32 Å². The van der Waals surface area contributed by atoms with Crippen molar-refractivity contribution in [3.63, 3.8) is 0 Å². The van der Waals surface area contributed by atoms with Gasteiger partial charge in [-0.1, -0.05) is 38.4 Å². The Morgan fingerprint density at radius 2 is 2.07 bits per heavy atom. The summed E-state index contributed by atoms with van der Waals surface area (Å²) in [4.78, 5) is 15.7. The standard InChI is InChI=1S/C11H15ClN2O/c1-7(2)8(3)11(15)14-10-6-4-5-9(12)13-10/h4-8H,1-3H3,(H,13,14,15). The Morgan fingerprint density at radius 3 is 2.60 bits per heavy atom. The Bertz CT molecular complexity index is 352. The molecule has 0 aliphatic carbocycles. The molecule has 1 heterocycles. The number of carbonyl (C=O) groups is 1. The first-order valence-corrected chi connectivity index (χ1v) is 5.32. The largest absolute Gasteiger partial charge is 0.310 e. The third-order valence-electron chi connectivity index (χ3n) is 2.38. The normalized spacial score (nSPS) is 12.6. The molecule has 0 saturated heterocycles. The van der Waals surface area contributed by atoms with Crippen molar-refractivity contribution in [2.45, 2.75) is 20.8 Å². The summed E-state index contributed by atoms with van der Waals surface area (Å²) >= 11 is 5.71. The third-order valence-corrected chi connectivity index (χ3v) is 2.59. The van der Waals surface area contributed by atoms with Gasteiger partial charge in [-0.15, -0.1) is 0 Å². The molecule has 1 unspecified atom stereocenters. The van der Waals surface area contributed by atoms with Crippen molar-refractivity contribution in [1.82, 2.24) is 4.98 Å². The van der Waals surface area contributed by atoms with Crippen LogP contribution in [-0.4, -0.2) is 10.9 Å². The summed E-state index contributed by atoms with van der Waals surface area (Å²) in [5, 5.41) is 3.11. The van der Waals surface area contributed by atoms with E-state index >= 15 is 0 Å². The first kappa shape index (κ1) is 12.0. The molecule has 0 aromatic carbocycles. The first-order valence-electron chi connectivity index (χ1n) is 4.94. The number of pyridine rings is 1. The fourth-order valence-electron chi connectivity index (χ4n) is 1.02. The van der Waals surface area contributed by atoms with E-state index in [1.807, 2.05) is 20.8 Å². The van der Waals surface area contributed by atoms with Gasteiger partial charge in [0.1, 0.15) is 11.0 Å². The van der Waals surface area contributed by atoms with Crippen molar-refractivity contribution in [2.24, 2.45) is 11.8 Å². The zero-order valence-corrected chi connectivity index (χ0v) is 9.88. The molecule has 0 radical (unpaired) electrons. The van der Waals surface area contributed by atoms with Gasteiger partial charge in [-0.05, 0) is 18.1 Å². The molecule has 1 amide bonds. The number of anilines is 1. The van der Waals surface area contributed by atoms with E-state index in [9.17, 15) is 4.79 Å². The molecule has 82 valence electrons. The van der Waals surface area contributed by atoms with Crippen LogP contribution in [0.2, 0.25) is 5.15 Å². The van der Waals surface area contributed by atoms with Gasteiger partial charge >= 0.3 is 0 Å². The maximum Gasteiger partial charge on any atom is 0.228 e. The molecule has 3 nitrogen and oxygen atoms in total. The van der Waals surface area contributed by atoms with Gasteiger partial charge in [-0.25, -0.2) is 4.98 Å². The Balaban J connectivity index is 2.66. The molecule has 1 aromatic heterocycles. The molecule has 1 rings (SSSR count). The van der Waals surface area contributed by atoms with Crippen LogP contribution in [0.15, 0.2) is 18.2 Å². The SMILES string of the molecule is CC(C)C(C)C(=O)Nc1cccc(Cl)n1. The summed E-state index contributed by atoms with van der Waals surface area (Å²) < 4.78 is 0. The van der Waals surface area contributed by atoms with E-state index in [0.29, 0.717) is 16.9 Å². The van der Waals surface area contributed by atoms with Gasteiger partial charge in [0.25, 0.3) is 0 Å². The molecule has 1 N–H and O–H groups in total. The van der Waals surface area contributed by atoms with Crippen LogP contribution in [0.25, 0.3) is 0 Å². The minimum Gasteiger partial charge on any atom is -0.310 e. The number of aromatic nitrogens is 1. The molecule has 0 bridgehead atoms. The third kappa shape index (κ3) is 3.51. The minimum atomic E-state index is -0.0363. The number of nitrogens with one attached hydrogen (secondary N) is 1. The van der Waals surface area contributed by atoms with Crippen LogP contribution in [-0.2, 0) is 4.79 Å². The number of rotatable bonds is 3. The Hall–Kier alpha value is -1.09. The van der Waals surface area contributed by atoms with Crippen LogP contribution in [0, 0.1) is 11.8 Å². The zero-order valence-electron chi connectivity index (χ0n) is 9.12. The van der Waals surface area contributed by atoms with Crippen LogP contribution < -0.4 is 5.32 Å². The Kier molecular flexibility index (Phi) is 4.09. The van der Waals surface area contributed by atoms with Crippen LogP contribution in [0.3, 0.4) is 0 Å². The number of halogens is 1. The lowest BCUT2D eigenvalue weighted by molar-refractivity contribution is -0.120. The van der Waals surface area contributed by atoms with Crippen LogP contribution in [0.5, 0.6) is 0 Å². The fourth-order valence-corrected chi connectivity index (χ4v) is 1.18. The fraction of sp³-hybridized carbons (Fsp3) is 0.455. The monoisotopic (exact) mass is 226 g/mol. The molecule has 0 saturated carbocycles. The molecule has 4 heteroatoms. The van der Waals surface area contributed by atoms with Crippen molar-refractivity contribution >= 4 is 23.3 Å². The summed E-state index contributed by atoms with van der Waals surface area (Å²) in [6.45, 7) is 5.91. The predicted molar refractivity (Wildman–Crippen MR) is 61.9 cm³/mol. The number of carbonyl (C=O) groups excluding carboxylic acids is 1. The van der Waals surface area contributed by atoms with Crippen molar-refractivity contribution < 1.29 is 4.79 Å². The van der Waals surface area contributed by atoms with Gasteiger partial charge in [0.15, 0.2) is 0 Å². The summed E-state index contributed by atoms with van der Waals surface area (Å²) in [6.07, 6.45) is 0. The van der Waals surface area contributed by atoms with E-state index in [-0.39, 0.29) is 11.8 Å². The lowest BCUT2D eigenvalue weighted by atomic mass is 9.97. The molecule has 1 aromatic rings. The lowest BCUT2D eigenvalue weighted by Gasteiger charge is -2.14. The van der Waals surface area contributed by atoms with Gasteiger partial charge in [-0.3, -0.25) is 4.79 Å². The molecule has 15 heavy (non-hydrogen) atoms. The van der Waals surface area contributed by atoms with E-state index in [0.717, 1.165) is 0 Å². The maximum absolute atomic E-state index is 11.7. The van der Waals surface area contributed by atoms with Crippen LogP contribution in [0.4, 0.5) is 5.82 Å². The van der Waals surface area contributed by atoms with Gasteiger partial charge in [0, 0.05) is 5.92 Å². The highest BCUT2D eigenvalue weighted by molar-refractivity contribution is 6.29. The highest BCUT2D eigenvalue weighted by atomic mass is 35.5. The van der Waals surface area contributed by atoms with E-state index in [1.54, 1.807) is 18.2 Å². The zero-order chi connectivity index (χ0) is 11.4. The van der Waals surface area contributed by atoms with E-state index in [4.69, 9.17) is 11.6 Å². The molecule has 1 atom stereocenters. The number of hydrogen-bond acceptors (Lipinski definition) is 2. The van der Waals surface area contributed by atoms with E-state index in [1.165, 1.54) is 0 Å². The second-order valence-corrected chi connectivity index (χ2v) is 4.25. The number of hydrogen-bond donors (Lipinski definition) is 1. The highest BCUT2D eigenvalue weighted by Crippen LogP contribution is 2.14. The smallest absolute Gasteiger partial charge is 0.228 e. The maximum atomic E-state index is 11.7. The van der Waals surface area contributed by atoms with Crippen molar-refractivity contribution in [3.8, 4) is 0 Å². The first-order chi connectivity index (χ1) is 7.00. The highest BCUT2D eigenvalue weighted by Gasteiger charge is 2.16. The molecule has 0 spiro atoms. The topological polar surface area (TPSA) is 42.0 Å². The van der Waals surface area contributed by atoms with Gasteiger partial charge in [-0.2, -0.15) is 0 Å². The Labute approximate surface area is 94.9 Å². The second-order valence-electron chi connectivity index (χ2n) is 3.87. The van der Waals surface area contributed by atoms with Gasteiger partial charge in [0.2, 0.25) is 5.91 Å². The molecule has 0 aliphatic heterocycles. The molecular formula is C11H15ClN2O. The summed E-state index contributed by atoms with van der Waals surface area (Å²) in [5.74, 6) is 0.745. The molecule has 0 fully saturated rings. The quantitative estimate of drug-likeness (QED) is 0.806. The van der Waals surface area contributed by atoms with Gasteiger partial charge < -0.3 is 5.32 Å². The van der Waals surface area contributed by atoms with Crippen LogP contribution in [0.1, 0.15) is 20.8 Å².